The highest BCUT2D eigenvalue weighted by Crippen LogP contribution is 2.43. The molecule has 27 heteroatoms. The number of piperidine rings is 5. The van der Waals surface area contributed by atoms with E-state index in [0.717, 1.165) is 175 Å². The van der Waals surface area contributed by atoms with Gasteiger partial charge in [0.1, 0.15) is 28.8 Å². The van der Waals surface area contributed by atoms with Gasteiger partial charge >= 0.3 is 17.6 Å². The first-order chi connectivity index (χ1) is 53.3. The molecule has 5 saturated heterocycles. The minimum Gasteiger partial charge on any atom is -0.496 e. The highest BCUT2D eigenvalue weighted by molar-refractivity contribution is 6.61. The van der Waals surface area contributed by atoms with Gasteiger partial charge in [0, 0.05) is 143 Å². The van der Waals surface area contributed by atoms with Crippen LogP contribution in [0.1, 0.15) is 118 Å². The Morgan fingerprint density at radius 3 is 1.30 bits per heavy atom. The van der Waals surface area contributed by atoms with Crippen LogP contribution < -0.4 is 24.3 Å². The summed E-state index contributed by atoms with van der Waals surface area (Å²) in [5.74, 6) is 4.78. The number of benzene rings is 6. The maximum absolute atomic E-state index is 11.9. The second-order valence-corrected chi connectivity index (χ2v) is 28.2. The predicted molar refractivity (Wildman–Crippen MR) is 447 cm³/mol. The van der Waals surface area contributed by atoms with Gasteiger partial charge in [0.2, 0.25) is 0 Å². The first-order valence-corrected chi connectivity index (χ1v) is 39.3. The number of ether oxygens (including phenoxy) is 7. The molecule has 5 fully saturated rings. The van der Waals surface area contributed by atoms with Crippen LogP contribution in [0.15, 0.2) is 158 Å². The number of rotatable bonds is 20. The average Bonchev–Trinajstić information content (AvgIpc) is 0.792. The monoisotopic (exact) mass is 1660 g/mol. The number of halogens is 6. The van der Waals surface area contributed by atoms with Gasteiger partial charge in [-0.25, -0.2) is 14.4 Å². The van der Waals surface area contributed by atoms with Gasteiger partial charge in [-0.15, -0.1) is 48.0 Å². The second kappa shape index (κ2) is 54.5. The van der Waals surface area contributed by atoms with Crippen molar-refractivity contribution >= 4 is 94.6 Å². The first-order valence-electron chi connectivity index (χ1n) is 37.4. The third kappa shape index (κ3) is 32.0. The number of hydrogen-bond donors (Lipinski definition) is 1. The van der Waals surface area contributed by atoms with Crippen molar-refractivity contribution in [1.29, 1.82) is 21.0 Å². The van der Waals surface area contributed by atoms with E-state index in [4.69, 9.17) is 80.1 Å². The normalized spacial score (nSPS) is 16.2. The molecule has 0 spiro atoms. The van der Waals surface area contributed by atoms with Crippen molar-refractivity contribution in [3.05, 3.63) is 191 Å². The van der Waals surface area contributed by atoms with E-state index in [0.29, 0.717) is 63.4 Å². The molecule has 2 amide bonds. The molecular formula is C85H110Cl6N10O11. The van der Waals surface area contributed by atoms with Crippen LogP contribution in [-0.2, 0) is 54.8 Å². The fourth-order valence-corrected chi connectivity index (χ4v) is 14.4. The Balaban J connectivity index is 0.000000350. The summed E-state index contributed by atoms with van der Waals surface area (Å²) in [6.07, 6.45) is 7.78. The number of amides is 2. The quantitative estimate of drug-likeness (QED) is 0.0423. The zero-order chi connectivity index (χ0) is 80.0. The molecule has 0 aliphatic carbocycles. The molecule has 1 N–H and O–H groups in total. The molecule has 21 nitrogen and oxygen atoms in total. The Bertz CT molecular complexity index is 3860. The summed E-state index contributed by atoms with van der Waals surface area (Å²) in [6.45, 7) is 17.6. The van der Waals surface area contributed by atoms with Crippen molar-refractivity contribution in [3.63, 3.8) is 0 Å². The predicted octanol–water partition coefficient (Wildman–Crippen LogP) is 17.1. The minimum absolute atomic E-state index is 0. The molecule has 608 valence electrons. The van der Waals surface area contributed by atoms with E-state index in [1.165, 1.54) is 18.1 Å². The Labute approximate surface area is 695 Å². The Hall–Kier alpha value is -8.26. The molecule has 6 aromatic carbocycles. The van der Waals surface area contributed by atoms with E-state index in [1.54, 1.807) is 45.2 Å². The van der Waals surface area contributed by atoms with Gasteiger partial charge in [-0.3, -0.25) is 14.6 Å². The Kier molecular flexibility index (Phi) is 47.6. The van der Waals surface area contributed by atoms with Crippen LogP contribution in [0, 0.1) is 45.3 Å². The number of nitrogens with one attached hydrogen (secondary N) is 1. The number of nitriles is 4. The minimum atomic E-state index is -0.873. The molecule has 0 saturated carbocycles. The number of methoxy groups -OCH3 is 4. The van der Waals surface area contributed by atoms with Crippen LogP contribution in [0.2, 0.25) is 0 Å². The summed E-state index contributed by atoms with van der Waals surface area (Å²) in [6, 6.07) is 62.3. The smallest absolute Gasteiger partial charge is 0.409 e. The van der Waals surface area contributed by atoms with Crippen LogP contribution in [0.25, 0.3) is 0 Å². The zero-order valence-electron chi connectivity index (χ0n) is 65.5. The molecule has 1 unspecified atom stereocenters. The van der Waals surface area contributed by atoms with E-state index < -0.39 is 21.8 Å². The number of carbonyl (C=O) groups is 4. The molecule has 0 bridgehead atoms. The number of carbonyl (C=O) groups excluding carboxylic acids is 4. The number of alkyl halides is 3. The summed E-state index contributed by atoms with van der Waals surface area (Å²) < 4.78 is 35.4. The summed E-state index contributed by atoms with van der Waals surface area (Å²) in [5, 5.41) is 41.0. The number of likely N-dealkylation sites (tertiary alicyclic amines) is 4. The lowest BCUT2D eigenvalue weighted by Crippen LogP contribution is -2.51. The van der Waals surface area contributed by atoms with Gasteiger partial charge in [-0.05, 0) is 121 Å². The van der Waals surface area contributed by atoms with Crippen molar-refractivity contribution in [2.45, 2.75) is 132 Å². The van der Waals surface area contributed by atoms with Crippen LogP contribution in [0.4, 0.5) is 14.4 Å². The number of hydrogen-bond acceptors (Lipinski definition) is 19. The van der Waals surface area contributed by atoms with Crippen molar-refractivity contribution < 1.29 is 52.3 Å². The largest absolute Gasteiger partial charge is 0.496 e. The second-order valence-electron chi connectivity index (χ2n) is 26.6. The topological polar surface area (TPSA) is 256 Å². The molecule has 5 aliphatic rings. The summed E-state index contributed by atoms with van der Waals surface area (Å²) in [7, 11) is 6.60. The van der Waals surface area contributed by atoms with Crippen LogP contribution in [0.3, 0.4) is 0 Å². The lowest BCUT2D eigenvalue weighted by Gasteiger charge is -2.44. The Morgan fingerprint density at radius 1 is 0.536 bits per heavy atom. The van der Waals surface area contributed by atoms with Crippen molar-refractivity contribution in [1.82, 2.24) is 29.8 Å². The van der Waals surface area contributed by atoms with E-state index in [2.05, 4.69) is 97.6 Å². The molecular weight excluding hydrogens is 1550 g/mol. The van der Waals surface area contributed by atoms with Crippen LogP contribution >= 0.6 is 71.2 Å². The fourth-order valence-electron chi connectivity index (χ4n) is 13.7. The maximum Gasteiger partial charge on any atom is 0.409 e. The summed E-state index contributed by atoms with van der Waals surface area (Å²) >= 11 is 21.3. The first kappa shape index (κ1) is 97.9. The van der Waals surface area contributed by atoms with Gasteiger partial charge in [-0.2, -0.15) is 21.0 Å². The third-order valence-corrected chi connectivity index (χ3v) is 20.2. The van der Waals surface area contributed by atoms with Gasteiger partial charge in [0.05, 0.1) is 88.6 Å². The maximum atomic E-state index is 11.9. The number of para-hydroxylation sites is 4. The van der Waals surface area contributed by atoms with Gasteiger partial charge in [0.25, 0.3) is 0 Å². The van der Waals surface area contributed by atoms with E-state index in [-0.39, 0.29) is 48.2 Å². The van der Waals surface area contributed by atoms with Crippen LogP contribution in [-0.4, -0.2) is 191 Å². The highest BCUT2D eigenvalue weighted by atomic mass is 35.5. The summed E-state index contributed by atoms with van der Waals surface area (Å²) in [5.41, 5.74) is 3.85. The number of Topliss-reactive ketones (excluding diaryl/α,β-unsaturated/α-hetero) is 1. The molecule has 0 radical (unpaired) electrons. The van der Waals surface area contributed by atoms with Gasteiger partial charge in [0.15, 0.2) is 5.56 Å². The molecule has 5 aliphatic heterocycles. The lowest BCUT2D eigenvalue weighted by molar-refractivity contribution is -0.121. The molecule has 6 aromatic rings. The van der Waals surface area contributed by atoms with Crippen molar-refractivity contribution in [3.8, 4) is 47.3 Å². The molecule has 5 heterocycles. The highest BCUT2D eigenvalue weighted by Gasteiger charge is 2.42. The van der Waals surface area contributed by atoms with Gasteiger partial charge in [-0.1, -0.05) is 145 Å². The fraction of sp³-hybridized carbons (Fsp3) is 0.482. The standard InChI is InChI=1S/C21H29N3O3.C20H22N2O.C13H16N2O.C11H15Cl2N.C9H9NO.C8H13NO3.C3H4Cl2O2.2ClH/c1-3-27-20(25)24-12-8-17(9-13-24)23-14-10-21(16-22,11-15-23)18-6-4-5-7-19(18)26-2;1-23-19-10-6-5-9-18(19)20(16-21)11-13-22(14-12-20)15-17-7-3-2-4-8-17;1-16-12-5-3-2-4-11(12)13(10-14)6-8-15-9-7-13;12-6-8-14(9-7-13)10-11-4-2-1-3-5-11;1-11-9-5-3-2-4-8(9)6-7-10;1-2-12-8(11)9-5-3-7(10)4-6-9;1-2(4)7-3(5)6;;/h4-7,17H,3,8-15H2,1-2H3;2-10H,11-15H2,1H3;2-5,15H,6-9H2,1H3;1-5H,6-10H2;2-5H,6H2,1H3;2-6H2,1H3;2H,1H3;2*1H. The molecule has 0 aromatic heterocycles. The number of ketones is 1. The molecule has 11 rings (SSSR count). The van der Waals surface area contributed by atoms with E-state index in [9.17, 15) is 35.0 Å². The zero-order valence-corrected chi connectivity index (χ0v) is 70.2. The van der Waals surface area contributed by atoms with Gasteiger partial charge < -0.3 is 53.2 Å². The Morgan fingerprint density at radius 2 is 0.920 bits per heavy atom. The SMILES string of the molecule is CC(Cl)OC(=O)Cl.CCOC(=O)N1CCC(=O)CC1.CCOC(=O)N1CCC(N2CCC(C#N)(c3ccccc3OC)CC2)CC1.COc1ccccc1C1(C#N)CCN(Cc2ccccc2)CC1.COc1ccccc1C1(C#N)CCNCC1.COc1ccccc1CC#N.Cl.Cl.ClCCN(CCCl)Cc1ccccc1. The van der Waals surface area contributed by atoms with E-state index >= 15 is 0 Å². The molecule has 112 heavy (non-hydrogen) atoms. The average molecular weight is 1660 g/mol. The lowest BCUT2D eigenvalue weighted by atomic mass is 9.73. The third-order valence-electron chi connectivity index (χ3n) is 19.7. The van der Waals surface area contributed by atoms with Crippen LogP contribution in [0.5, 0.6) is 23.0 Å². The summed E-state index contributed by atoms with van der Waals surface area (Å²) in [4.78, 5) is 54.0. The van der Waals surface area contributed by atoms with E-state index in [1.807, 2.05) is 116 Å². The van der Waals surface area contributed by atoms with Crippen molar-refractivity contribution in [2.75, 3.05) is 132 Å². The molecule has 1 atom stereocenters. The van der Waals surface area contributed by atoms with Crippen molar-refractivity contribution in [2.24, 2.45) is 0 Å². The number of nitrogens with zero attached hydrogens (tertiary/aromatic N) is 9.